The summed E-state index contributed by atoms with van der Waals surface area (Å²) in [6.45, 7) is 1.74. The number of nitrogens with one attached hydrogen (secondary N) is 1. The van der Waals surface area contributed by atoms with Crippen molar-refractivity contribution in [2.24, 2.45) is 0 Å². The largest absolute Gasteiger partial charge is 0.421 e. The van der Waals surface area contributed by atoms with Gasteiger partial charge in [-0.3, -0.25) is 0 Å². The van der Waals surface area contributed by atoms with E-state index in [4.69, 9.17) is 4.42 Å². The predicted molar refractivity (Wildman–Crippen MR) is 82.8 cm³/mol. The Kier molecular flexibility index (Phi) is 4.24. The smallest absolute Gasteiger partial charge is 0.250 e. The quantitative estimate of drug-likeness (QED) is 0.762. The Hall–Kier alpha value is -2.10. The first-order valence-electron chi connectivity index (χ1n) is 6.57. The highest BCUT2D eigenvalue weighted by molar-refractivity contribution is 7.91. The third-order valence-electron chi connectivity index (χ3n) is 2.99. The number of hydrogen-bond acceptors (Lipinski definition) is 6. The average Bonchev–Trinajstić information content (AvgIpc) is 3.16. The summed E-state index contributed by atoms with van der Waals surface area (Å²) >= 11 is 1.06. The number of nitrogens with zero attached hydrogens (tertiary/aromatic N) is 2. The Balaban J connectivity index is 1.75. The second-order valence-corrected chi connectivity index (χ2v) is 7.64. The van der Waals surface area contributed by atoms with Crippen LogP contribution in [-0.4, -0.2) is 18.6 Å². The lowest BCUT2D eigenvalue weighted by atomic mass is 10.2. The van der Waals surface area contributed by atoms with Crippen LogP contribution in [0.2, 0.25) is 0 Å². The Morgan fingerprint density at radius 2 is 2.00 bits per heavy atom. The van der Waals surface area contributed by atoms with Gasteiger partial charge in [-0.05, 0) is 23.8 Å². The van der Waals surface area contributed by atoms with E-state index in [0.29, 0.717) is 17.0 Å². The Morgan fingerprint density at radius 3 is 2.65 bits per heavy atom. The van der Waals surface area contributed by atoms with Crippen molar-refractivity contribution in [3.8, 4) is 11.5 Å². The van der Waals surface area contributed by atoms with Crippen LogP contribution < -0.4 is 4.72 Å². The van der Waals surface area contributed by atoms with E-state index in [-0.39, 0.29) is 22.5 Å². The molecule has 3 aromatic rings. The molecule has 0 aliphatic heterocycles. The molecule has 0 radical (unpaired) electrons. The van der Waals surface area contributed by atoms with E-state index in [1.165, 1.54) is 30.3 Å². The van der Waals surface area contributed by atoms with Gasteiger partial charge in [0.1, 0.15) is 10.0 Å². The van der Waals surface area contributed by atoms with Gasteiger partial charge in [-0.1, -0.05) is 12.1 Å². The fourth-order valence-electron chi connectivity index (χ4n) is 1.83. The molecule has 0 amide bonds. The van der Waals surface area contributed by atoms with Crippen LogP contribution in [0.4, 0.5) is 4.39 Å². The molecule has 0 aliphatic carbocycles. The zero-order valence-electron chi connectivity index (χ0n) is 12.0. The van der Waals surface area contributed by atoms with Crippen LogP contribution in [0.3, 0.4) is 0 Å². The van der Waals surface area contributed by atoms with Gasteiger partial charge in [0.15, 0.2) is 0 Å². The van der Waals surface area contributed by atoms with E-state index in [1.54, 1.807) is 12.3 Å². The molecule has 0 atom stereocenters. The number of rotatable bonds is 5. The molecule has 23 heavy (non-hydrogen) atoms. The minimum absolute atomic E-state index is 0.0789. The molecular formula is C14H12FN3O3S2. The second-order valence-electron chi connectivity index (χ2n) is 4.73. The van der Waals surface area contributed by atoms with Gasteiger partial charge >= 0.3 is 0 Å². The standard InChI is InChI=1S/C14H12FN3O3S2/c1-9-17-18-14(21-9)11-6-13(22-8-11)23(19,20)16-7-10-2-4-12(15)5-3-10/h2-6,8,16H,7H2,1H3. The summed E-state index contributed by atoms with van der Waals surface area (Å²) in [6, 6.07) is 7.10. The number of halogens is 1. The lowest BCUT2D eigenvalue weighted by Gasteiger charge is -2.04. The lowest BCUT2D eigenvalue weighted by molar-refractivity contribution is 0.533. The van der Waals surface area contributed by atoms with Gasteiger partial charge in [-0.25, -0.2) is 17.5 Å². The van der Waals surface area contributed by atoms with E-state index in [2.05, 4.69) is 14.9 Å². The molecular weight excluding hydrogens is 341 g/mol. The molecule has 3 rings (SSSR count). The number of hydrogen-bond donors (Lipinski definition) is 1. The summed E-state index contributed by atoms with van der Waals surface area (Å²) < 4.78 is 45.3. The summed E-state index contributed by atoms with van der Waals surface area (Å²) in [5, 5.41) is 9.20. The molecule has 0 bridgehead atoms. The maximum Gasteiger partial charge on any atom is 0.250 e. The molecule has 2 heterocycles. The van der Waals surface area contributed by atoms with Crippen LogP contribution in [-0.2, 0) is 16.6 Å². The van der Waals surface area contributed by atoms with Gasteiger partial charge in [0.25, 0.3) is 0 Å². The highest BCUT2D eigenvalue weighted by Gasteiger charge is 2.18. The van der Waals surface area contributed by atoms with Crippen molar-refractivity contribution in [1.29, 1.82) is 0 Å². The van der Waals surface area contributed by atoms with E-state index in [1.807, 2.05) is 0 Å². The molecule has 6 nitrogen and oxygen atoms in total. The molecule has 120 valence electrons. The van der Waals surface area contributed by atoms with Crippen LogP contribution in [0.1, 0.15) is 11.5 Å². The molecule has 0 saturated carbocycles. The van der Waals surface area contributed by atoms with Crippen LogP contribution in [0.5, 0.6) is 0 Å². The van der Waals surface area contributed by atoms with Crippen molar-refractivity contribution in [3.05, 3.63) is 53.0 Å². The first kappa shape index (κ1) is 15.8. The van der Waals surface area contributed by atoms with Crippen molar-refractivity contribution in [2.75, 3.05) is 0 Å². The SMILES string of the molecule is Cc1nnc(-c2csc(S(=O)(=O)NCc3ccc(F)cc3)c2)o1. The molecule has 0 unspecified atom stereocenters. The van der Waals surface area contributed by atoms with Crippen LogP contribution in [0.25, 0.3) is 11.5 Å². The van der Waals surface area contributed by atoms with Crippen LogP contribution >= 0.6 is 11.3 Å². The van der Waals surface area contributed by atoms with E-state index in [9.17, 15) is 12.8 Å². The fourth-order valence-corrected chi connectivity index (χ4v) is 4.05. The number of aromatic nitrogens is 2. The zero-order valence-corrected chi connectivity index (χ0v) is 13.6. The highest BCUT2D eigenvalue weighted by atomic mass is 32.2. The first-order chi connectivity index (χ1) is 10.9. The monoisotopic (exact) mass is 353 g/mol. The average molecular weight is 353 g/mol. The third kappa shape index (κ3) is 3.63. The third-order valence-corrected chi connectivity index (χ3v) is 5.83. The number of aryl methyl sites for hydroxylation is 1. The lowest BCUT2D eigenvalue weighted by Crippen LogP contribution is -2.22. The second kappa shape index (κ2) is 6.19. The molecule has 9 heteroatoms. The summed E-state index contributed by atoms with van der Waals surface area (Å²) in [5.74, 6) is 0.318. The maximum absolute atomic E-state index is 12.8. The minimum Gasteiger partial charge on any atom is -0.421 e. The number of benzene rings is 1. The van der Waals surface area contributed by atoms with Gasteiger partial charge in [-0.15, -0.1) is 21.5 Å². The van der Waals surface area contributed by atoms with Crippen LogP contribution in [0.15, 0.2) is 44.3 Å². The summed E-state index contributed by atoms with van der Waals surface area (Å²) in [5.41, 5.74) is 1.22. The minimum atomic E-state index is -3.66. The van der Waals surface area contributed by atoms with Crippen molar-refractivity contribution in [3.63, 3.8) is 0 Å². The molecule has 2 aromatic heterocycles. The van der Waals surface area contributed by atoms with Gasteiger partial charge in [0.2, 0.25) is 21.8 Å². The topological polar surface area (TPSA) is 85.1 Å². The van der Waals surface area contributed by atoms with Crippen molar-refractivity contribution < 1.29 is 17.2 Å². The number of sulfonamides is 1. The number of thiophene rings is 1. The molecule has 0 saturated heterocycles. The molecule has 1 aromatic carbocycles. The Labute approximate surface area is 136 Å². The van der Waals surface area contributed by atoms with Crippen LogP contribution in [0, 0.1) is 12.7 Å². The van der Waals surface area contributed by atoms with Gasteiger partial charge in [-0.2, -0.15) is 0 Å². The zero-order chi connectivity index (χ0) is 16.4. The predicted octanol–water partition coefficient (Wildman–Crippen LogP) is 2.72. The van der Waals surface area contributed by atoms with Gasteiger partial charge in [0, 0.05) is 18.8 Å². The maximum atomic E-state index is 12.8. The molecule has 0 fully saturated rings. The van der Waals surface area contributed by atoms with E-state index >= 15 is 0 Å². The summed E-state index contributed by atoms with van der Waals surface area (Å²) in [7, 11) is -3.66. The summed E-state index contributed by atoms with van der Waals surface area (Å²) in [4.78, 5) is 0. The van der Waals surface area contributed by atoms with Gasteiger partial charge < -0.3 is 4.42 Å². The van der Waals surface area contributed by atoms with E-state index in [0.717, 1.165) is 11.3 Å². The highest BCUT2D eigenvalue weighted by Crippen LogP contribution is 2.27. The Morgan fingerprint density at radius 1 is 1.26 bits per heavy atom. The van der Waals surface area contributed by atoms with Crippen molar-refractivity contribution in [1.82, 2.24) is 14.9 Å². The van der Waals surface area contributed by atoms with Crippen molar-refractivity contribution in [2.45, 2.75) is 17.7 Å². The van der Waals surface area contributed by atoms with Gasteiger partial charge in [0.05, 0.1) is 5.56 Å². The van der Waals surface area contributed by atoms with Crippen molar-refractivity contribution >= 4 is 21.4 Å². The Bertz CT molecular complexity index is 917. The molecule has 0 spiro atoms. The normalized spacial score (nSPS) is 11.7. The fraction of sp³-hybridized carbons (Fsp3) is 0.143. The van der Waals surface area contributed by atoms with E-state index < -0.39 is 10.0 Å². The molecule has 1 N–H and O–H groups in total. The summed E-state index contributed by atoms with van der Waals surface area (Å²) in [6.07, 6.45) is 0. The first-order valence-corrected chi connectivity index (χ1v) is 8.93. The molecule has 0 aliphatic rings.